The molecule has 3 aromatic rings. The molecular weight excluding hydrogens is 348 g/mol. The van der Waals surface area contributed by atoms with Crippen LogP contribution in [0.2, 0.25) is 0 Å². The Morgan fingerprint density at radius 1 is 1.20 bits per heavy atom. The van der Waals surface area contributed by atoms with Crippen LogP contribution in [0.25, 0.3) is 10.2 Å². The maximum absolute atomic E-state index is 12.9. The second-order valence-corrected chi connectivity index (χ2v) is 8.28. The number of para-hydroxylation sites is 1. The molecule has 1 atom stereocenters. The molecule has 2 heterocycles. The van der Waals surface area contributed by atoms with E-state index in [9.17, 15) is 4.79 Å². The van der Waals surface area contributed by atoms with Crippen LogP contribution in [-0.4, -0.2) is 35.1 Å². The van der Waals surface area contributed by atoms with E-state index in [-0.39, 0.29) is 5.91 Å². The van der Waals surface area contributed by atoms with Gasteiger partial charge >= 0.3 is 0 Å². The zero-order valence-electron chi connectivity index (χ0n) is 14.1. The van der Waals surface area contributed by atoms with Crippen molar-refractivity contribution >= 4 is 39.2 Å². The number of thiazole rings is 1. The van der Waals surface area contributed by atoms with Crippen molar-refractivity contribution in [3.8, 4) is 0 Å². The number of amides is 1. The number of carbonyl (C=O) groups excluding carboxylic acids is 1. The van der Waals surface area contributed by atoms with Gasteiger partial charge in [0.2, 0.25) is 0 Å². The van der Waals surface area contributed by atoms with Crippen molar-refractivity contribution in [2.75, 3.05) is 19.3 Å². The van der Waals surface area contributed by atoms with Gasteiger partial charge in [0.25, 0.3) is 5.91 Å². The fourth-order valence-electron chi connectivity index (χ4n) is 3.34. The SMILES string of the molecule is CSc1ccc(C(=O)N2CCC[C@@H](c3nc4ccccc4s3)C2)cc1. The highest BCUT2D eigenvalue weighted by atomic mass is 32.2. The normalized spacial score (nSPS) is 17.8. The van der Waals surface area contributed by atoms with Crippen LogP contribution < -0.4 is 0 Å². The van der Waals surface area contributed by atoms with Crippen molar-refractivity contribution in [3.05, 3.63) is 59.1 Å². The van der Waals surface area contributed by atoms with Crippen molar-refractivity contribution in [3.63, 3.8) is 0 Å². The van der Waals surface area contributed by atoms with E-state index in [0.29, 0.717) is 5.92 Å². The fourth-order valence-corrected chi connectivity index (χ4v) is 4.85. The minimum atomic E-state index is 0.137. The summed E-state index contributed by atoms with van der Waals surface area (Å²) < 4.78 is 1.23. The van der Waals surface area contributed by atoms with E-state index < -0.39 is 0 Å². The number of piperidine rings is 1. The summed E-state index contributed by atoms with van der Waals surface area (Å²) in [4.78, 5) is 20.8. The lowest BCUT2D eigenvalue weighted by Gasteiger charge is -2.32. The zero-order valence-corrected chi connectivity index (χ0v) is 15.8. The first-order chi connectivity index (χ1) is 12.2. The highest BCUT2D eigenvalue weighted by Gasteiger charge is 2.27. The smallest absolute Gasteiger partial charge is 0.253 e. The Labute approximate surface area is 156 Å². The number of rotatable bonds is 3. The lowest BCUT2D eigenvalue weighted by atomic mass is 9.98. The molecule has 0 N–H and O–H groups in total. The Hall–Kier alpha value is -1.85. The highest BCUT2D eigenvalue weighted by Crippen LogP contribution is 2.33. The summed E-state index contributed by atoms with van der Waals surface area (Å²) in [5.41, 5.74) is 1.85. The number of aromatic nitrogens is 1. The maximum Gasteiger partial charge on any atom is 0.253 e. The molecule has 128 valence electrons. The fraction of sp³-hybridized carbons (Fsp3) is 0.300. The molecule has 0 bridgehead atoms. The van der Waals surface area contributed by atoms with E-state index in [1.807, 2.05) is 41.5 Å². The van der Waals surface area contributed by atoms with Crippen molar-refractivity contribution in [2.24, 2.45) is 0 Å². The first-order valence-electron chi connectivity index (χ1n) is 8.53. The molecule has 0 spiro atoms. The lowest BCUT2D eigenvalue weighted by molar-refractivity contribution is 0.0707. The quantitative estimate of drug-likeness (QED) is 0.607. The molecule has 0 saturated carbocycles. The second kappa shape index (κ2) is 7.18. The summed E-state index contributed by atoms with van der Waals surface area (Å²) in [7, 11) is 0. The van der Waals surface area contributed by atoms with Gasteiger partial charge in [-0.3, -0.25) is 4.79 Å². The molecule has 0 unspecified atom stereocenters. The third-order valence-corrected chi connectivity index (χ3v) is 6.65. The first kappa shape index (κ1) is 16.6. The van der Waals surface area contributed by atoms with E-state index in [1.165, 1.54) is 9.60 Å². The Bertz CT molecular complexity index is 855. The average Bonchev–Trinajstić information content (AvgIpc) is 3.12. The Kier molecular flexibility index (Phi) is 4.77. The predicted molar refractivity (Wildman–Crippen MR) is 106 cm³/mol. The molecule has 1 fully saturated rings. The van der Waals surface area contributed by atoms with Gasteiger partial charge in [-0.25, -0.2) is 4.98 Å². The topological polar surface area (TPSA) is 33.2 Å². The van der Waals surface area contributed by atoms with E-state index >= 15 is 0 Å². The molecule has 25 heavy (non-hydrogen) atoms. The molecule has 0 aliphatic carbocycles. The number of benzene rings is 2. The molecule has 1 saturated heterocycles. The van der Waals surface area contributed by atoms with E-state index in [0.717, 1.165) is 42.0 Å². The number of fused-ring (bicyclic) bond motifs is 1. The van der Waals surface area contributed by atoms with Gasteiger partial charge in [-0.2, -0.15) is 0 Å². The molecule has 3 nitrogen and oxygen atoms in total. The second-order valence-electron chi connectivity index (χ2n) is 6.34. The molecule has 1 aliphatic rings. The van der Waals surface area contributed by atoms with Gasteiger partial charge in [-0.05, 0) is 55.5 Å². The van der Waals surface area contributed by atoms with Crippen LogP contribution in [0.5, 0.6) is 0 Å². The molecule has 1 amide bonds. The van der Waals surface area contributed by atoms with E-state index in [2.05, 4.69) is 18.2 Å². The van der Waals surface area contributed by atoms with Gasteiger partial charge in [-0.15, -0.1) is 23.1 Å². The minimum absolute atomic E-state index is 0.137. The lowest BCUT2D eigenvalue weighted by Crippen LogP contribution is -2.39. The van der Waals surface area contributed by atoms with E-state index in [1.54, 1.807) is 23.1 Å². The number of carbonyl (C=O) groups is 1. The molecular formula is C20H20N2OS2. The third-order valence-electron chi connectivity index (χ3n) is 4.71. The molecule has 2 aromatic carbocycles. The number of hydrogen-bond acceptors (Lipinski definition) is 4. The van der Waals surface area contributed by atoms with Gasteiger partial charge in [0.05, 0.1) is 15.2 Å². The van der Waals surface area contributed by atoms with Crippen LogP contribution in [0.1, 0.15) is 34.1 Å². The van der Waals surface area contributed by atoms with Crippen LogP contribution in [0.15, 0.2) is 53.4 Å². The van der Waals surface area contributed by atoms with Gasteiger partial charge in [0.1, 0.15) is 0 Å². The summed E-state index contributed by atoms with van der Waals surface area (Å²) in [6.07, 6.45) is 4.19. The Morgan fingerprint density at radius 2 is 2.00 bits per heavy atom. The molecule has 5 heteroatoms. The molecule has 0 radical (unpaired) electrons. The number of likely N-dealkylation sites (tertiary alicyclic amines) is 1. The summed E-state index contributed by atoms with van der Waals surface area (Å²) in [6.45, 7) is 1.60. The summed E-state index contributed by atoms with van der Waals surface area (Å²) in [6, 6.07) is 16.2. The standard InChI is InChI=1S/C20H20N2OS2/c1-24-16-10-8-14(9-11-16)20(23)22-12-4-5-15(13-22)19-21-17-6-2-3-7-18(17)25-19/h2-3,6-11,15H,4-5,12-13H2,1H3/t15-/m1/s1. The van der Waals surface area contributed by atoms with Crippen molar-refractivity contribution in [1.82, 2.24) is 9.88 Å². The predicted octanol–water partition coefficient (Wildman–Crippen LogP) is 5.04. The maximum atomic E-state index is 12.9. The summed E-state index contributed by atoms with van der Waals surface area (Å²) in [5.74, 6) is 0.485. The van der Waals surface area contributed by atoms with Gasteiger partial charge in [0, 0.05) is 29.5 Å². The molecule has 1 aromatic heterocycles. The van der Waals surface area contributed by atoms with E-state index in [4.69, 9.17) is 4.98 Å². The summed E-state index contributed by atoms with van der Waals surface area (Å²) in [5, 5.41) is 1.16. The number of nitrogens with zero attached hydrogens (tertiary/aromatic N) is 2. The van der Waals surface area contributed by atoms with Crippen LogP contribution in [-0.2, 0) is 0 Å². The largest absolute Gasteiger partial charge is 0.338 e. The van der Waals surface area contributed by atoms with Gasteiger partial charge in [0.15, 0.2) is 0 Å². The van der Waals surface area contributed by atoms with Crippen LogP contribution in [0.4, 0.5) is 0 Å². The van der Waals surface area contributed by atoms with Crippen LogP contribution >= 0.6 is 23.1 Å². The molecule has 4 rings (SSSR count). The van der Waals surface area contributed by atoms with Crippen LogP contribution in [0, 0.1) is 0 Å². The third kappa shape index (κ3) is 3.44. The minimum Gasteiger partial charge on any atom is -0.338 e. The van der Waals surface area contributed by atoms with Gasteiger partial charge < -0.3 is 4.90 Å². The monoisotopic (exact) mass is 368 g/mol. The Morgan fingerprint density at radius 3 is 2.76 bits per heavy atom. The number of thioether (sulfide) groups is 1. The molecule has 1 aliphatic heterocycles. The van der Waals surface area contributed by atoms with Crippen LogP contribution in [0.3, 0.4) is 0 Å². The van der Waals surface area contributed by atoms with Crippen molar-refractivity contribution in [1.29, 1.82) is 0 Å². The average molecular weight is 369 g/mol. The Balaban J connectivity index is 1.52. The van der Waals surface area contributed by atoms with Crippen molar-refractivity contribution in [2.45, 2.75) is 23.7 Å². The first-order valence-corrected chi connectivity index (χ1v) is 10.6. The highest BCUT2D eigenvalue weighted by molar-refractivity contribution is 7.98. The number of hydrogen-bond donors (Lipinski definition) is 0. The zero-order chi connectivity index (χ0) is 17.2. The van der Waals surface area contributed by atoms with Gasteiger partial charge in [-0.1, -0.05) is 12.1 Å². The summed E-state index contributed by atoms with van der Waals surface area (Å²) >= 11 is 3.46. The van der Waals surface area contributed by atoms with Crippen molar-refractivity contribution < 1.29 is 4.79 Å².